The van der Waals surface area contributed by atoms with Crippen molar-refractivity contribution in [3.05, 3.63) is 29.3 Å². The van der Waals surface area contributed by atoms with E-state index >= 15 is 0 Å². The van der Waals surface area contributed by atoms with Gasteiger partial charge in [-0.25, -0.2) is 0 Å². The summed E-state index contributed by atoms with van der Waals surface area (Å²) in [5.41, 5.74) is 2.78. The van der Waals surface area contributed by atoms with Gasteiger partial charge in [0.05, 0.1) is 0 Å². The van der Waals surface area contributed by atoms with Crippen molar-refractivity contribution in [2.75, 3.05) is 5.75 Å². The van der Waals surface area contributed by atoms with Crippen molar-refractivity contribution in [1.82, 2.24) is 5.32 Å². The summed E-state index contributed by atoms with van der Waals surface area (Å²) in [6, 6.07) is 7.32. The molecule has 17 heavy (non-hydrogen) atoms. The molecule has 0 bridgehead atoms. The van der Waals surface area contributed by atoms with Gasteiger partial charge >= 0.3 is 0 Å². The highest BCUT2D eigenvalue weighted by atomic mass is 32.2. The predicted molar refractivity (Wildman–Crippen MR) is 78.7 cm³/mol. The molecular weight excluding hydrogens is 226 g/mol. The number of thioether (sulfide) groups is 1. The maximum absolute atomic E-state index is 3.50. The van der Waals surface area contributed by atoms with Gasteiger partial charge in [-0.05, 0) is 24.5 Å². The van der Waals surface area contributed by atoms with Gasteiger partial charge in [-0.2, -0.15) is 0 Å². The number of rotatable bonds is 6. The molecule has 1 N–H and O–H groups in total. The third-order valence-electron chi connectivity index (χ3n) is 2.49. The topological polar surface area (TPSA) is 12.0 Å². The molecule has 0 aliphatic carbocycles. The molecule has 1 nitrogen and oxygen atoms in total. The van der Waals surface area contributed by atoms with E-state index in [2.05, 4.69) is 58.1 Å². The fourth-order valence-corrected chi connectivity index (χ4v) is 2.55. The maximum Gasteiger partial charge on any atom is 0.0219 e. The second-order valence-corrected chi connectivity index (χ2v) is 6.41. The molecule has 0 heterocycles. The molecule has 0 radical (unpaired) electrons. The zero-order valence-electron chi connectivity index (χ0n) is 11.7. The standard InChI is InChI=1S/C15H25NS/c1-11(2)10-17-15-7-6-13(5)8-14(15)9-16-12(3)4/h6-8,11-12,16H,9-10H2,1-5H3. The Morgan fingerprint density at radius 3 is 2.47 bits per heavy atom. The lowest BCUT2D eigenvalue weighted by Crippen LogP contribution is -2.22. The van der Waals surface area contributed by atoms with Crippen LogP contribution in [0.2, 0.25) is 0 Å². The minimum atomic E-state index is 0.540. The molecule has 1 rings (SSSR count). The number of hydrogen-bond donors (Lipinski definition) is 1. The Morgan fingerprint density at radius 1 is 1.18 bits per heavy atom. The second-order valence-electron chi connectivity index (χ2n) is 5.35. The van der Waals surface area contributed by atoms with Crippen LogP contribution in [0.25, 0.3) is 0 Å². The van der Waals surface area contributed by atoms with Gasteiger partial charge in [0.15, 0.2) is 0 Å². The molecule has 2 heteroatoms. The Hall–Kier alpha value is -0.470. The quantitative estimate of drug-likeness (QED) is 0.759. The monoisotopic (exact) mass is 251 g/mol. The van der Waals surface area contributed by atoms with E-state index < -0.39 is 0 Å². The number of nitrogens with one attached hydrogen (secondary N) is 1. The summed E-state index contributed by atoms with van der Waals surface area (Å²) in [7, 11) is 0. The van der Waals surface area contributed by atoms with E-state index in [4.69, 9.17) is 0 Å². The van der Waals surface area contributed by atoms with Crippen molar-refractivity contribution in [2.45, 2.75) is 52.1 Å². The first-order valence-electron chi connectivity index (χ1n) is 6.44. The van der Waals surface area contributed by atoms with E-state index in [9.17, 15) is 0 Å². The normalized spacial score (nSPS) is 11.5. The van der Waals surface area contributed by atoms with Crippen molar-refractivity contribution in [3.63, 3.8) is 0 Å². The zero-order valence-corrected chi connectivity index (χ0v) is 12.5. The van der Waals surface area contributed by atoms with Crippen LogP contribution in [-0.4, -0.2) is 11.8 Å². The van der Waals surface area contributed by atoms with Crippen LogP contribution in [-0.2, 0) is 6.54 Å². The van der Waals surface area contributed by atoms with Gasteiger partial charge < -0.3 is 5.32 Å². The molecule has 1 aromatic carbocycles. The average Bonchev–Trinajstić information content (AvgIpc) is 2.24. The Morgan fingerprint density at radius 2 is 1.88 bits per heavy atom. The van der Waals surface area contributed by atoms with E-state index in [0.29, 0.717) is 6.04 Å². The minimum Gasteiger partial charge on any atom is -0.310 e. The van der Waals surface area contributed by atoms with E-state index in [1.54, 1.807) is 0 Å². The summed E-state index contributed by atoms with van der Waals surface area (Å²) in [6.45, 7) is 12.1. The van der Waals surface area contributed by atoms with Crippen LogP contribution in [0.15, 0.2) is 23.1 Å². The van der Waals surface area contributed by atoms with Crippen LogP contribution >= 0.6 is 11.8 Å². The Bertz CT molecular complexity index is 345. The molecule has 0 aliphatic heterocycles. The molecule has 1 aromatic rings. The average molecular weight is 251 g/mol. The maximum atomic E-state index is 3.50. The molecule has 0 fully saturated rings. The molecule has 96 valence electrons. The molecular formula is C15H25NS. The van der Waals surface area contributed by atoms with Crippen LogP contribution < -0.4 is 5.32 Å². The molecule has 0 spiro atoms. The molecule has 0 amide bonds. The third kappa shape index (κ3) is 5.60. The Kier molecular flexibility index (Phi) is 6.07. The van der Waals surface area contributed by atoms with Crippen LogP contribution in [0, 0.1) is 12.8 Å². The van der Waals surface area contributed by atoms with Crippen molar-refractivity contribution in [1.29, 1.82) is 0 Å². The summed E-state index contributed by atoms with van der Waals surface area (Å²) in [5.74, 6) is 1.93. The molecule has 0 aliphatic rings. The highest BCUT2D eigenvalue weighted by Crippen LogP contribution is 2.25. The van der Waals surface area contributed by atoms with Crippen molar-refractivity contribution in [2.24, 2.45) is 5.92 Å². The van der Waals surface area contributed by atoms with Crippen LogP contribution in [0.1, 0.15) is 38.8 Å². The minimum absolute atomic E-state index is 0.540. The fraction of sp³-hybridized carbons (Fsp3) is 0.600. The fourth-order valence-electron chi connectivity index (χ4n) is 1.56. The van der Waals surface area contributed by atoms with Crippen LogP contribution in [0.3, 0.4) is 0 Å². The first kappa shape index (κ1) is 14.6. The van der Waals surface area contributed by atoms with Gasteiger partial charge in [-0.1, -0.05) is 45.4 Å². The van der Waals surface area contributed by atoms with E-state index in [1.807, 2.05) is 11.8 Å². The first-order valence-corrected chi connectivity index (χ1v) is 7.43. The number of hydrogen-bond acceptors (Lipinski definition) is 2. The van der Waals surface area contributed by atoms with Crippen molar-refractivity contribution >= 4 is 11.8 Å². The second kappa shape index (κ2) is 7.07. The van der Waals surface area contributed by atoms with Crippen LogP contribution in [0.4, 0.5) is 0 Å². The lowest BCUT2D eigenvalue weighted by Gasteiger charge is -2.14. The third-order valence-corrected chi connectivity index (χ3v) is 4.03. The summed E-state index contributed by atoms with van der Waals surface area (Å²) in [6.07, 6.45) is 0. The Balaban J connectivity index is 2.72. The molecule has 0 unspecified atom stereocenters. The summed E-state index contributed by atoms with van der Waals surface area (Å²) < 4.78 is 0. The van der Waals surface area contributed by atoms with Gasteiger partial charge in [0, 0.05) is 23.2 Å². The van der Waals surface area contributed by atoms with Gasteiger partial charge in [0.1, 0.15) is 0 Å². The van der Waals surface area contributed by atoms with E-state index in [-0.39, 0.29) is 0 Å². The SMILES string of the molecule is Cc1ccc(SCC(C)C)c(CNC(C)C)c1. The Labute approximate surface area is 110 Å². The lowest BCUT2D eigenvalue weighted by atomic mass is 10.1. The molecule has 0 saturated carbocycles. The highest BCUT2D eigenvalue weighted by molar-refractivity contribution is 7.99. The summed E-state index contributed by atoms with van der Waals surface area (Å²) in [5, 5.41) is 3.50. The van der Waals surface area contributed by atoms with Crippen molar-refractivity contribution < 1.29 is 0 Å². The predicted octanol–water partition coefficient (Wildman–Crippen LogP) is 4.24. The number of aryl methyl sites for hydroxylation is 1. The zero-order chi connectivity index (χ0) is 12.8. The van der Waals surface area contributed by atoms with Crippen molar-refractivity contribution in [3.8, 4) is 0 Å². The number of benzene rings is 1. The molecule has 0 saturated heterocycles. The van der Waals surface area contributed by atoms with Gasteiger partial charge in [-0.15, -0.1) is 11.8 Å². The largest absolute Gasteiger partial charge is 0.310 e. The summed E-state index contributed by atoms with van der Waals surface area (Å²) in [4.78, 5) is 1.43. The molecule has 0 aromatic heterocycles. The van der Waals surface area contributed by atoms with Crippen LogP contribution in [0.5, 0.6) is 0 Å². The van der Waals surface area contributed by atoms with Gasteiger partial charge in [-0.3, -0.25) is 0 Å². The van der Waals surface area contributed by atoms with E-state index in [0.717, 1.165) is 12.5 Å². The van der Waals surface area contributed by atoms with Gasteiger partial charge in [0.25, 0.3) is 0 Å². The smallest absolute Gasteiger partial charge is 0.0219 e. The summed E-state index contributed by atoms with van der Waals surface area (Å²) >= 11 is 1.98. The van der Waals surface area contributed by atoms with Gasteiger partial charge in [0.2, 0.25) is 0 Å². The molecule has 0 atom stereocenters. The van der Waals surface area contributed by atoms with E-state index in [1.165, 1.54) is 21.8 Å². The first-order chi connectivity index (χ1) is 7.99. The lowest BCUT2D eigenvalue weighted by molar-refractivity contribution is 0.584. The highest BCUT2D eigenvalue weighted by Gasteiger charge is 2.05.